The fourth-order valence-electron chi connectivity index (χ4n) is 1.82. The lowest BCUT2D eigenvalue weighted by Crippen LogP contribution is -2.26. The lowest BCUT2D eigenvalue weighted by Gasteiger charge is -2.10. The molecule has 1 fully saturated rings. The van der Waals surface area contributed by atoms with Crippen LogP contribution in [0.4, 0.5) is 0 Å². The number of rotatable bonds is 7. The summed E-state index contributed by atoms with van der Waals surface area (Å²) in [6.07, 6.45) is 6.20. The van der Waals surface area contributed by atoms with Crippen LogP contribution < -0.4 is 5.32 Å². The van der Waals surface area contributed by atoms with Gasteiger partial charge in [0.2, 0.25) is 0 Å². The molecule has 1 aliphatic rings. The molecule has 0 bridgehead atoms. The highest BCUT2D eigenvalue weighted by Crippen LogP contribution is 2.33. The minimum absolute atomic E-state index is 0.579. The van der Waals surface area contributed by atoms with Gasteiger partial charge in [-0.3, -0.25) is 5.10 Å². The zero-order chi connectivity index (χ0) is 11.4. The first-order valence-electron chi connectivity index (χ1n) is 5.90. The first kappa shape index (κ1) is 11.9. The van der Waals surface area contributed by atoms with Gasteiger partial charge in [0.25, 0.3) is 0 Å². The molecule has 1 unspecified atom stereocenters. The summed E-state index contributed by atoms with van der Waals surface area (Å²) in [6, 6.07) is 0.579. The average molecular weight is 240 g/mol. The smallest absolute Gasteiger partial charge is 0.164 e. The Hall–Kier alpha value is -0.550. The molecule has 2 rings (SSSR count). The Morgan fingerprint density at radius 1 is 1.56 bits per heavy atom. The quantitative estimate of drug-likeness (QED) is 0.765. The summed E-state index contributed by atoms with van der Waals surface area (Å²) in [5.41, 5.74) is 0. The Morgan fingerprint density at radius 2 is 2.38 bits per heavy atom. The standard InChI is InChI=1S/C11H20N4S/c1-8(5-9-3-4-9)12-6-10-13-11(7-16-2)15-14-10/h8-9,12H,3-7H2,1-2H3,(H,13,14,15). The molecule has 0 aliphatic heterocycles. The lowest BCUT2D eigenvalue weighted by atomic mass is 10.1. The molecule has 1 aliphatic carbocycles. The summed E-state index contributed by atoms with van der Waals surface area (Å²) in [5.74, 6) is 3.73. The van der Waals surface area contributed by atoms with E-state index in [9.17, 15) is 0 Å². The van der Waals surface area contributed by atoms with Crippen LogP contribution in [-0.4, -0.2) is 27.5 Å². The van der Waals surface area contributed by atoms with Crippen LogP contribution in [0, 0.1) is 5.92 Å². The van der Waals surface area contributed by atoms with Crippen LogP contribution in [0.2, 0.25) is 0 Å². The van der Waals surface area contributed by atoms with E-state index in [1.165, 1.54) is 19.3 Å². The van der Waals surface area contributed by atoms with Crippen molar-refractivity contribution in [2.75, 3.05) is 6.26 Å². The van der Waals surface area contributed by atoms with E-state index in [1.807, 2.05) is 0 Å². The first-order valence-corrected chi connectivity index (χ1v) is 7.29. The molecule has 90 valence electrons. The Kier molecular flexibility index (Phi) is 4.23. The van der Waals surface area contributed by atoms with Gasteiger partial charge in [-0.05, 0) is 25.5 Å². The third kappa shape index (κ3) is 3.79. The van der Waals surface area contributed by atoms with Crippen LogP contribution in [0.5, 0.6) is 0 Å². The molecule has 0 amide bonds. The van der Waals surface area contributed by atoms with E-state index < -0.39 is 0 Å². The Labute approximate surface area is 101 Å². The monoisotopic (exact) mass is 240 g/mol. The zero-order valence-electron chi connectivity index (χ0n) is 9.99. The number of aromatic nitrogens is 3. The molecule has 4 nitrogen and oxygen atoms in total. The van der Waals surface area contributed by atoms with Crippen molar-refractivity contribution >= 4 is 11.8 Å². The summed E-state index contributed by atoms with van der Waals surface area (Å²) in [6.45, 7) is 3.02. The van der Waals surface area contributed by atoms with E-state index in [2.05, 4.69) is 33.7 Å². The topological polar surface area (TPSA) is 53.6 Å². The first-order chi connectivity index (χ1) is 7.78. The van der Waals surface area contributed by atoms with Crippen LogP contribution in [0.3, 0.4) is 0 Å². The number of thioether (sulfide) groups is 1. The number of hydrogen-bond donors (Lipinski definition) is 2. The second-order valence-corrected chi connectivity index (χ2v) is 5.46. The molecule has 0 aromatic carbocycles. The van der Waals surface area contributed by atoms with Gasteiger partial charge in [0.05, 0.1) is 12.3 Å². The predicted octanol–water partition coefficient (Wildman–Crippen LogP) is 1.95. The number of H-pyrrole nitrogens is 1. The second-order valence-electron chi connectivity index (χ2n) is 4.59. The summed E-state index contributed by atoms with van der Waals surface area (Å²) < 4.78 is 0. The van der Waals surface area contributed by atoms with Crippen molar-refractivity contribution in [1.29, 1.82) is 0 Å². The van der Waals surface area contributed by atoms with Crippen LogP contribution in [-0.2, 0) is 12.3 Å². The van der Waals surface area contributed by atoms with Gasteiger partial charge >= 0.3 is 0 Å². The highest BCUT2D eigenvalue weighted by Gasteiger charge is 2.23. The largest absolute Gasteiger partial charge is 0.307 e. The molecule has 1 aromatic rings. The summed E-state index contributed by atoms with van der Waals surface area (Å²) in [5, 5.41) is 10.6. The van der Waals surface area contributed by atoms with E-state index in [-0.39, 0.29) is 0 Å². The van der Waals surface area contributed by atoms with Crippen molar-refractivity contribution in [2.45, 2.75) is 44.5 Å². The maximum Gasteiger partial charge on any atom is 0.164 e. The molecule has 0 spiro atoms. The third-order valence-electron chi connectivity index (χ3n) is 2.85. The van der Waals surface area contributed by atoms with Gasteiger partial charge in [-0.2, -0.15) is 16.9 Å². The Morgan fingerprint density at radius 3 is 3.06 bits per heavy atom. The minimum Gasteiger partial charge on any atom is -0.307 e. The van der Waals surface area contributed by atoms with Crippen LogP contribution in [0.1, 0.15) is 37.8 Å². The average Bonchev–Trinajstić information content (AvgIpc) is 2.95. The van der Waals surface area contributed by atoms with Gasteiger partial charge in [-0.1, -0.05) is 12.8 Å². The summed E-state index contributed by atoms with van der Waals surface area (Å²) in [4.78, 5) is 4.42. The van der Waals surface area contributed by atoms with Gasteiger partial charge in [0, 0.05) is 6.04 Å². The van der Waals surface area contributed by atoms with Crippen LogP contribution >= 0.6 is 11.8 Å². The van der Waals surface area contributed by atoms with E-state index in [4.69, 9.17) is 0 Å². The second kappa shape index (κ2) is 5.68. The number of aromatic amines is 1. The minimum atomic E-state index is 0.579. The normalized spacial score (nSPS) is 17.6. The van der Waals surface area contributed by atoms with Crippen LogP contribution in [0.15, 0.2) is 0 Å². The molecule has 1 atom stereocenters. The number of hydrogen-bond acceptors (Lipinski definition) is 4. The van der Waals surface area contributed by atoms with Crippen molar-refractivity contribution in [3.63, 3.8) is 0 Å². The molecule has 16 heavy (non-hydrogen) atoms. The fourth-order valence-corrected chi connectivity index (χ4v) is 2.22. The van der Waals surface area contributed by atoms with E-state index >= 15 is 0 Å². The van der Waals surface area contributed by atoms with Gasteiger partial charge in [0.15, 0.2) is 5.82 Å². The van der Waals surface area contributed by atoms with Gasteiger partial charge in [-0.25, -0.2) is 4.98 Å². The number of nitrogens with zero attached hydrogens (tertiary/aromatic N) is 2. The molecular weight excluding hydrogens is 220 g/mol. The van der Waals surface area contributed by atoms with Crippen molar-refractivity contribution in [3.05, 3.63) is 11.6 Å². The fraction of sp³-hybridized carbons (Fsp3) is 0.818. The molecule has 1 aromatic heterocycles. The highest BCUT2D eigenvalue weighted by atomic mass is 32.2. The molecular formula is C11H20N4S. The molecule has 0 radical (unpaired) electrons. The Bertz CT molecular complexity index is 322. The zero-order valence-corrected chi connectivity index (χ0v) is 10.8. The number of nitrogens with one attached hydrogen (secondary N) is 2. The van der Waals surface area contributed by atoms with Gasteiger partial charge < -0.3 is 5.32 Å². The maximum absolute atomic E-state index is 4.42. The molecule has 1 heterocycles. The molecule has 2 N–H and O–H groups in total. The van der Waals surface area contributed by atoms with Gasteiger partial charge in [-0.15, -0.1) is 0 Å². The van der Waals surface area contributed by atoms with Gasteiger partial charge in [0.1, 0.15) is 5.82 Å². The maximum atomic E-state index is 4.42. The molecule has 5 heteroatoms. The summed E-state index contributed by atoms with van der Waals surface area (Å²) >= 11 is 1.75. The highest BCUT2D eigenvalue weighted by molar-refractivity contribution is 7.97. The van der Waals surface area contributed by atoms with Crippen molar-refractivity contribution in [3.8, 4) is 0 Å². The predicted molar refractivity (Wildman–Crippen MR) is 67.2 cm³/mol. The summed E-state index contributed by atoms with van der Waals surface area (Å²) in [7, 11) is 0. The van der Waals surface area contributed by atoms with Crippen molar-refractivity contribution in [1.82, 2.24) is 20.5 Å². The van der Waals surface area contributed by atoms with Crippen molar-refractivity contribution in [2.24, 2.45) is 5.92 Å². The SMILES string of the molecule is CSCc1nc(CNC(C)CC2CC2)n[nH]1. The molecule has 1 saturated carbocycles. The van der Waals surface area contributed by atoms with E-state index in [1.54, 1.807) is 11.8 Å². The molecule has 0 saturated heterocycles. The third-order valence-corrected chi connectivity index (χ3v) is 3.41. The van der Waals surface area contributed by atoms with Crippen LogP contribution in [0.25, 0.3) is 0 Å². The van der Waals surface area contributed by atoms with E-state index in [0.29, 0.717) is 6.04 Å². The Balaban J connectivity index is 1.70. The van der Waals surface area contributed by atoms with Crippen molar-refractivity contribution < 1.29 is 0 Å². The van der Waals surface area contributed by atoms with E-state index in [0.717, 1.165) is 29.9 Å². The lowest BCUT2D eigenvalue weighted by molar-refractivity contribution is 0.480.